The standard InChI is InChI=1S/C26H26N2O5/c1-18-4-3-5-22(14-18)32-13-12-28-23-16-20(8-11-24(23)33-17-26(28)30)27-25(29)15-19-6-9-21(31-2)10-7-19/h3-11,14,16H,12-13,15,17H2,1-2H3,(H,27,29). The largest absolute Gasteiger partial charge is 0.497 e. The molecule has 0 radical (unpaired) electrons. The molecule has 1 heterocycles. The summed E-state index contributed by atoms with van der Waals surface area (Å²) < 4.78 is 16.5. The van der Waals surface area contributed by atoms with Crippen LogP contribution in [0, 0.1) is 6.92 Å². The van der Waals surface area contributed by atoms with Crippen LogP contribution >= 0.6 is 0 Å². The number of methoxy groups -OCH3 is 1. The number of carbonyl (C=O) groups is 2. The molecule has 1 N–H and O–H groups in total. The molecule has 0 unspecified atom stereocenters. The van der Waals surface area contributed by atoms with Crippen molar-refractivity contribution < 1.29 is 23.8 Å². The highest BCUT2D eigenvalue weighted by molar-refractivity contribution is 5.99. The van der Waals surface area contributed by atoms with Gasteiger partial charge in [-0.1, -0.05) is 24.3 Å². The highest BCUT2D eigenvalue weighted by Gasteiger charge is 2.26. The van der Waals surface area contributed by atoms with Crippen LogP contribution in [0.3, 0.4) is 0 Å². The van der Waals surface area contributed by atoms with Crippen LogP contribution in [-0.2, 0) is 16.0 Å². The number of fused-ring (bicyclic) bond motifs is 1. The van der Waals surface area contributed by atoms with E-state index in [2.05, 4.69) is 5.32 Å². The Morgan fingerprint density at radius 2 is 1.88 bits per heavy atom. The lowest BCUT2D eigenvalue weighted by Crippen LogP contribution is -2.41. The van der Waals surface area contributed by atoms with Crippen molar-refractivity contribution in [2.75, 3.05) is 37.1 Å². The highest BCUT2D eigenvalue weighted by atomic mass is 16.5. The van der Waals surface area contributed by atoms with Gasteiger partial charge in [0.1, 0.15) is 23.9 Å². The first kappa shape index (κ1) is 22.2. The monoisotopic (exact) mass is 446 g/mol. The first-order valence-electron chi connectivity index (χ1n) is 10.7. The van der Waals surface area contributed by atoms with E-state index in [1.165, 1.54) is 0 Å². The molecule has 7 nitrogen and oxygen atoms in total. The summed E-state index contributed by atoms with van der Waals surface area (Å²) in [4.78, 5) is 26.7. The van der Waals surface area contributed by atoms with Gasteiger partial charge in [0.2, 0.25) is 5.91 Å². The third kappa shape index (κ3) is 5.63. The molecule has 0 bridgehead atoms. The average molecular weight is 447 g/mol. The first-order valence-corrected chi connectivity index (χ1v) is 10.7. The molecular formula is C26H26N2O5. The predicted molar refractivity (Wildman–Crippen MR) is 126 cm³/mol. The molecule has 0 atom stereocenters. The number of hydrogen-bond donors (Lipinski definition) is 1. The summed E-state index contributed by atoms with van der Waals surface area (Å²) in [6.07, 6.45) is 0.227. The number of aryl methyl sites for hydroxylation is 1. The fourth-order valence-electron chi connectivity index (χ4n) is 3.62. The number of ether oxygens (including phenoxy) is 3. The summed E-state index contributed by atoms with van der Waals surface area (Å²) in [7, 11) is 1.60. The Hall–Kier alpha value is -4.00. The SMILES string of the molecule is COc1ccc(CC(=O)Nc2ccc3c(c2)N(CCOc2cccc(C)c2)C(=O)CO3)cc1. The summed E-state index contributed by atoms with van der Waals surface area (Å²) in [6.45, 7) is 2.68. The van der Waals surface area contributed by atoms with E-state index in [-0.39, 0.29) is 24.8 Å². The molecule has 0 spiro atoms. The Labute approximate surface area is 192 Å². The van der Waals surface area contributed by atoms with Gasteiger partial charge in [-0.2, -0.15) is 0 Å². The number of rotatable bonds is 8. The maximum atomic E-state index is 12.5. The Morgan fingerprint density at radius 1 is 1.06 bits per heavy atom. The van der Waals surface area contributed by atoms with Gasteiger partial charge in [-0.05, 0) is 60.5 Å². The van der Waals surface area contributed by atoms with E-state index >= 15 is 0 Å². The molecule has 0 fully saturated rings. The summed E-state index contributed by atoms with van der Waals surface area (Å²) in [6, 6.07) is 20.4. The van der Waals surface area contributed by atoms with Gasteiger partial charge < -0.3 is 24.4 Å². The van der Waals surface area contributed by atoms with Gasteiger partial charge in [-0.15, -0.1) is 0 Å². The van der Waals surface area contributed by atoms with Crippen LogP contribution in [0.5, 0.6) is 17.2 Å². The zero-order chi connectivity index (χ0) is 23.2. The highest BCUT2D eigenvalue weighted by Crippen LogP contribution is 2.34. The minimum absolute atomic E-state index is 0.0272. The second kappa shape index (κ2) is 10.1. The normalized spacial score (nSPS) is 12.5. The number of amides is 2. The quantitative estimate of drug-likeness (QED) is 0.566. The molecule has 4 rings (SSSR count). The van der Waals surface area contributed by atoms with E-state index in [4.69, 9.17) is 14.2 Å². The fourth-order valence-corrected chi connectivity index (χ4v) is 3.62. The lowest BCUT2D eigenvalue weighted by atomic mass is 10.1. The van der Waals surface area contributed by atoms with E-state index in [0.29, 0.717) is 30.3 Å². The van der Waals surface area contributed by atoms with E-state index in [1.54, 1.807) is 30.2 Å². The molecule has 1 aliphatic heterocycles. The number of anilines is 2. The molecule has 0 aromatic heterocycles. The minimum Gasteiger partial charge on any atom is -0.497 e. The lowest BCUT2D eigenvalue weighted by Gasteiger charge is -2.29. The van der Waals surface area contributed by atoms with Gasteiger partial charge in [-0.3, -0.25) is 9.59 Å². The van der Waals surface area contributed by atoms with Gasteiger partial charge >= 0.3 is 0 Å². The van der Waals surface area contributed by atoms with E-state index in [9.17, 15) is 9.59 Å². The lowest BCUT2D eigenvalue weighted by molar-refractivity contribution is -0.121. The number of carbonyl (C=O) groups excluding carboxylic acids is 2. The van der Waals surface area contributed by atoms with Crippen LogP contribution < -0.4 is 24.4 Å². The van der Waals surface area contributed by atoms with Crippen LogP contribution in [0.4, 0.5) is 11.4 Å². The van der Waals surface area contributed by atoms with E-state index in [0.717, 1.165) is 22.6 Å². The molecule has 3 aromatic rings. The van der Waals surface area contributed by atoms with Crippen molar-refractivity contribution in [3.63, 3.8) is 0 Å². The molecule has 0 saturated heterocycles. The van der Waals surface area contributed by atoms with Crippen molar-refractivity contribution in [3.05, 3.63) is 77.9 Å². The van der Waals surface area contributed by atoms with Gasteiger partial charge in [-0.25, -0.2) is 0 Å². The zero-order valence-electron chi connectivity index (χ0n) is 18.7. The second-order valence-corrected chi connectivity index (χ2v) is 7.75. The minimum atomic E-state index is -0.156. The Bertz CT molecular complexity index is 1140. The number of nitrogens with one attached hydrogen (secondary N) is 1. The molecule has 7 heteroatoms. The van der Waals surface area contributed by atoms with Crippen LogP contribution in [-0.4, -0.2) is 38.7 Å². The van der Waals surface area contributed by atoms with Crippen LogP contribution in [0.25, 0.3) is 0 Å². The smallest absolute Gasteiger partial charge is 0.265 e. The van der Waals surface area contributed by atoms with Crippen molar-refractivity contribution in [1.82, 2.24) is 0 Å². The van der Waals surface area contributed by atoms with Crippen LogP contribution in [0.2, 0.25) is 0 Å². The van der Waals surface area contributed by atoms with Crippen molar-refractivity contribution in [2.24, 2.45) is 0 Å². The first-order chi connectivity index (χ1) is 16.0. The summed E-state index contributed by atoms with van der Waals surface area (Å²) in [5.41, 5.74) is 3.19. The third-order valence-corrected chi connectivity index (χ3v) is 5.28. The third-order valence-electron chi connectivity index (χ3n) is 5.28. The molecule has 170 valence electrons. The Kier molecular flexibility index (Phi) is 6.78. The molecule has 2 amide bonds. The maximum Gasteiger partial charge on any atom is 0.265 e. The van der Waals surface area contributed by atoms with Crippen LogP contribution in [0.1, 0.15) is 11.1 Å². The van der Waals surface area contributed by atoms with Gasteiger partial charge in [0.15, 0.2) is 6.61 Å². The van der Waals surface area contributed by atoms with Gasteiger partial charge in [0, 0.05) is 5.69 Å². The molecular weight excluding hydrogens is 420 g/mol. The molecule has 3 aromatic carbocycles. The predicted octanol–water partition coefficient (Wildman–Crippen LogP) is 3.99. The van der Waals surface area contributed by atoms with Gasteiger partial charge in [0.25, 0.3) is 5.91 Å². The number of hydrogen-bond acceptors (Lipinski definition) is 5. The molecule has 1 aliphatic rings. The zero-order valence-corrected chi connectivity index (χ0v) is 18.7. The number of benzene rings is 3. The van der Waals surface area contributed by atoms with E-state index < -0.39 is 0 Å². The Balaban J connectivity index is 1.41. The van der Waals surface area contributed by atoms with Gasteiger partial charge in [0.05, 0.1) is 25.8 Å². The fraction of sp³-hybridized carbons (Fsp3) is 0.231. The van der Waals surface area contributed by atoms with Crippen molar-refractivity contribution in [3.8, 4) is 17.2 Å². The Morgan fingerprint density at radius 3 is 2.64 bits per heavy atom. The average Bonchev–Trinajstić information content (AvgIpc) is 2.81. The summed E-state index contributed by atoms with van der Waals surface area (Å²) >= 11 is 0. The number of nitrogens with zero attached hydrogens (tertiary/aromatic N) is 1. The van der Waals surface area contributed by atoms with Crippen molar-refractivity contribution in [1.29, 1.82) is 0 Å². The summed E-state index contributed by atoms with van der Waals surface area (Å²) in [5.74, 6) is 1.79. The van der Waals surface area contributed by atoms with E-state index in [1.807, 2.05) is 55.5 Å². The van der Waals surface area contributed by atoms with Crippen molar-refractivity contribution >= 4 is 23.2 Å². The topological polar surface area (TPSA) is 77.1 Å². The van der Waals surface area contributed by atoms with Crippen molar-refractivity contribution in [2.45, 2.75) is 13.3 Å². The maximum absolute atomic E-state index is 12.5. The summed E-state index contributed by atoms with van der Waals surface area (Å²) in [5, 5.41) is 2.90. The van der Waals surface area contributed by atoms with Crippen LogP contribution in [0.15, 0.2) is 66.7 Å². The second-order valence-electron chi connectivity index (χ2n) is 7.75. The molecule has 33 heavy (non-hydrogen) atoms. The molecule has 0 saturated carbocycles. The molecule has 0 aliphatic carbocycles.